The smallest absolute Gasteiger partial charge is 0.337 e. The molecule has 6 nitrogen and oxygen atoms in total. The van der Waals surface area contributed by atoms with Crippen LogP contribution < -0.4 is 16.0 Å². The van der Waals surface area contributed by atoms with Crippen LogP contribution in [0.5, 0.6) is 0 Å². The molecule has 1 aromatic carbocycles. The summed E-state index contributed by atoms with van der Waals surface area (Å²) >= 11 is 0. The average Bonchev–Trinajstić information content (AvgIpc) is 2.42. The molecule has 6 heteroatoms. The zero-order valence-corrected chi connectivity index (χ0v) is 11.9. The van der Waals surface area contributed by atoms with Crippen LogP contribution in [0.4, 0.5) is 11.4 Å². The first kappa shape index (κ1) is 14.2. The van der Waals surface area contributed by atoms with Gasteiger partial charge in [0.15, 0.2) is 0 Å². The second kappa shape index (κ2) is 5.03. The van der Waals surface area contributed by atoms with Crippen LogP contribution in [-0.4, -0.2) is 37.6 Å². The van der Waals surface area contributed by atoms with Gasteiger partial charge in [0.1, 0.15) is 5.54 Å². The summed E-state index contributed by atoms with van der Waals surface area (Å²) in [4.78, 5) is 25.5. The van der Waals surface area contributed by atoms with Crippen molar-refractivity contribution in [3.63, 3.8) is 0 Å². The topological polar surface area (TPSA) is 84.7 Å². The fourth-order valence-corrected chi connectivity index (χ4v) is 2.34. The van der Waals surface area contributed by atoms with E-state index in [2.05, 4.69) is 5.32 Å². The molecule has 0 aliphatic carbocycles. The molecule has 1 fully saturated rings. The van der Waals surface area contributed by atoms with Crippen LogP contribution in [0.2, 0.25) is 0 Å². The number of esters is 1. The lowest BCUT2D eigenvalue weighted by Gasteiger charge is -2.43. The van der Waals surface area contributed by atoms with Gasteiger partial charge in [0.25, 0.3) is 0 Å². The minimum atomic E-state index is -0.721. The Bertz CT molecular complexity index is 555. The van der Waals surface area contributed by atoms with E-state index in [1.54, 1.807) is 18.2 Å². The summed E-state index contributed by atoms with van der Waals surface area (Å²) in [6, 6.07) is 4.94. The van der Waals surface area contributed by atoms with E-state index in [9.17, 15) is 9.59 Å². The maximum atomic E-state index is 12.0. The number of amides is 1. The van der Waals surface area contributed by atoms with Gasteiger partial charge in [-0.1, -0.05) is 0 Å². The molecule has 1 aliphatic rings. The van der Waals surface area contributed by atoms with Gasteiger partial charge in [-0.25, -0.2) is 4.79 Å². The van der Waals surface area contributed by atoms with Crippen LogP contribution in [-0.2, 0) is 9.53 Å². The molecule has 0 spiro atoms. The number of ether oxygens (including phenoxy) is 1. The molecule has 0 bridgehead atoms. The van der Waals surface area contributed by atoms with Crippen molar-refractivity contribution in [2.24, 2.45) is 0 Å². The number of nitrogen functional groups attached to an aromatic ring is 1. The van der Waals surface area contributed by atoms with Gasteiger partial charge in [-0.3, -0.25) is 4.79 Å². The third-order valence-electron chi connectivity index (χ3n) is 3.59. The first-order chi connectivity index (χ1) is 9.37. The molecular formula is C14H19N3O3. The summed E-state index contributed by atoms with van der Waals surface area (Å²) in [5, 5.41) is 2.83. The molecule has 0 atom stereocenters. The maximum Gasteiger partial charge on any atom is 0.337 e. The third-order valence-corrected chi connectivity index (χ3v) is 3.59. The summed E-state index contributed by atoms with van der Waals surface area (Å²) in [5.74, 6) is -0.489. The number of carbonyl (C=O) groups is 2. The molecule has 1 aliphatic heterocycles. The highest BCUT2D eigenvalue weighted by molar-refractivity contribution is 5.95. The van der Waals surface area contributed by atoms with Gasteiger partial charge in [-0.05, 0) is 32.0 Å². The van der Waals surface area contributed by atoms with Crippen molar-refractivity contribution < 1.29 is 14.3 Å². The zero-order valence-electron chi connectivity index (χ0n) is 11.9. The number of nitrogens with one attached hydrogen (secondary N) is 1. The lowest BCUT2D eigenvalue weighted by molar-refractivity contribution is -0.126. The molecule has 108 valence electrons. The lowest BCUT2D eigenvalue weighted by atomic mass is 9.97. The Morgan fingerprint density at radius 3 is 2.80 bits per heavy atom. The van der Waals surface area contributed by atoms with Crippen molar-refractivity contribution in [1.82, 2.24) is 5.32 Å². The van der Waals surface area contributed by atoms with Crippen molar-refractivity contribution in [2.45, 2.75) is 19.4 Å². The number of methoxy groups -OCH3 is 1. The van der Waals surface area contributed by atoms with Gasteiger partial charge in [0.05, 0.1) is 24.0 Å². The molecule has 1 heterocycles. The van der Waals surface area contributed by atoms with Crippen LogP contribution in [0.25, 0.3) is 0 Å². The highest BCUT2D eigenvalue weighted by Crippen LogP contribution is 2.32. The minimum absolute atomic E-state index is 0.0633. The van der Waals surface area contributed by atoms with Crippen molar-refractivity contribution in [1.29, 1.82) is 0 Å². The van der Waals surface area contributed by atoms with Crippen LogP contribution in [0, 0.1) is 0 Å². The Labute approximate surface area is 117 Å². The zero-order chi connectivity index (χ0) is 14.9. The Hall–Kier alpha value is -2.24. The molecule has 2 rings (SSSR count). The fraction of sp³-hybridized carbons (Fsp3) is 0.429. The standard InChI is InChI=1S/C14H19N3O3/c1-14(2)13(19)16-6-7-17(14)11-8-9(12(18)20-3)4-5-10(11)15/h4-5,8H,6-7,15H2,1-3H3,(H,16,19). The number of nitrogens with zero attached hydrogens (tertiary/aromatic N) is 1. The molecule has 0 unspecified atom stereocenters. The first-order valence-corrected chi connectivity index (χ1v) is 6.41. The number of nitrogens with two attached hydrogens (primary N) is 1. The van der Waals surface area contributed by atoms with Crippen LogP contribution in [0.15, 0.2) is 18.2 Å². The highest BCUT2D eigenvalue weighted by Gasteiger charge is 2.38. The number of piperazine rings is 1. The summed E-state index contributed by atoms with van der Waals surface area (Å²) in [6.45, 7) is 4.83. The predicted octanol–water partition coefficient (Wildman–Crippen LogP) is 0.770. The summed E-state index contributed by atoms with van der Waals surface area (Å²) in [6.07, 6.45) is 0. The van der Waals surface area contributed by atoms with Gasteiger partial charge >= 0.3 is 5.97 Å². The molecule has 1 saturated heterocycles. The SMILES string of the molecule is COC(=O)c1ccc(N)c(N2CCNC(=O)C2(C)C)c1. The number of hydrogen-bond donors (Lipinski definition) is 2. The minimum Gasteiger partial charge on any atom is -0.465 e. The Morgan fingerprint density at radius 1 is 1.45 bits per heavy atom. The van der Waals surface area contributed by atoms with Gasteiger partial charge < -0.3 is 20.7 Å². The number of benzene rings is 1. The van der Waals surface area contributed by atoms with E-state index in [-0.39, 0.29) is 5.91 Å². The molecule has 0 radical (unpaired) electrons. The van der Waals surface area contributed by atoms with Crippen molar-refractivity contribution in [3.8, 4) is 0 Å². The predicted molar refractivity (Wildman–Crippen MR) is 76.6 cm³/mol. The molecule has 3 N–H and O–H groups in total. The first-order valence-electron chi connectivity index (χ1n) is 6.41. The normalized spacial score (nSPS) is 17.6. The van der Waals surface area contributed by atoms with Gasteiger partial charge in [-0.2, -0.15) is 0 Å². The second-order valence-electron chi connectivity index (χ2n) is 5.23. The van der Waals surface area contributed by atoms with E-state index in [0.717, 1.165) is 0 Å². The lowest BCUT2D eigenvalue weighted by Crippen LogP contribution is -2.62. The molecule has 0 saturated carbocycles. The second-order valence-corrected chi connectivity index (χ2v) is 5.23. The quantitative estimate of drug-likeness (QED) is 0.616. The van der Waals surface area contributed by atoms with E-state index < -0.39 is 11.5 Å². The number of carbonyl (C=O) groups excluding carboxylic acids is 2. The average molecular weight is 277 g/mol. The number of rotatable bonds is 2. The summed E-state index contributed by atoms with van der Waals surface area (Å²) in [5.41, 5.74) is 6.90. The van der Waals surface area contributed by atoms with Crippen LogP contribution in [0.3, 0.4) is 0 Å². The van der Waals surface area contributed by atoms with Crippen LogP contribution in [0.1, 0.15) is 24.2 Å². The molecule has 1 amide bonds. The van der Waals surface area contributed by atoms with E-state index in [4.69, 9.17) is 10.5 Å². The highest BCUT2D eigenvalue weighted by atomic mass is 16.5. The van der Waals surface area contributed by atoms with Crippen molar-refractivity contribution >= 4 is 23.3 Å². The Kier molecular flexibility index (Phi) is 3.57. The fourth-order valence-electron chi connectivity index (χ4n) is 2.34. The van der Waals surface area contributed by atoms with E-state index in [1.807, 2.05) is 18.7 Å². The molecule has 20 heavy (non-hydrogen) atoms. The van der Waals surface area contributed by atoms with Crippen LogP contribution >= 0.6 is 0 Å². The van der Waals surface area contributed by atoms with Gasteiger partial charge in [0, 0.05) is 13.1 Å². The van der Waals surface area contributed by atoms with E-state index in [1.165, 1.54) is 7.11 Å². The number of anilines is 2. The third kappa shape index (κ3) is 2.29. The largest absolute Gasteiger partial charge is 0.465 e. The maximum absolute atomic E-state index is 12.0. The molecule has 0 aromatic heterocycles. The number of hydrogen-bond acceptors (Lipinski definition) is 5. The summed E-state index contributed by atoms with van der Waals surface area (Å²) < 4.78 is 4.71. The van der Waals surface area contributed by atoms with Crippen molar-refractivity contribution in [2.75, 3.05) is 30.8 Å². The molecular weight excluding hydrogens is 258 g/mol. The van der Waals surface area contributed by atoms with E-state index in [0.29, 0.717) is 30.0 Å². The Balaban J connectivity index is 2.45. The Morgan fingerprint density at radius 2 is 2.15 bits per heavy atom. The summed E-state index contributed by atoms with van der Waals surface area (Å²) in [7, 11) is 1.33. The van der Waals surface area contributed by atoms with Gasteiger partial charge in [-0.15, -0.1) is 0 Å². The van der Waals surface area contributed by atoms with Crippen molar-refractivity contribution in [3.05, 3.63) is 23.8 Å². The van der Waals surface area contributed by atoms with E-state index >= 15 is 0 Å². The van der Waals surface area contributed by atoms with Gasteiger partial charge in [0.2, 0.25) is 5.91 Å². The monoisotopic (exact) mass is 277 g/mol. The molecule has 1 aromatic rings.